The second-order valence-corrected chi connectivity index (χ2v) is 6.07. The predicted molar refractivity (Wildman–Crippen MR) is 57.3 cm³/mol. The lowest BCUT2D eigenvalue weighted by Gasteiger charge is -2.68. The van der Waals surface area contributed by atoms with Gasteiger partial charge in [0.25, 0.3) is 0 Å². The van der Waals surface area contributed by atoms with Crippen LogP contribution in [0.15, 0.2) is 0 Å². The highest BCUT2D eigenvalue weighted by atomic mass is 35.5. The normalized spacial score (nSPS) is 33.8. The van der Waals surface area contributed by atoms with E-state index in [0.29, 0.717) is 11.3 Å². The fraction of sp³-hybridized carbons (Fsp3) is 1.00. The van der Waals surface area contributed by atoms with Crippen molar-refractivity contribution in [1.29, 1.82) is 0 Å². The Morgan fingerprint density at radius 3 is 1.93 bits per heavy atom. The second kappa shape index (κ2) is 3.07. The molecule has 3 saturated carbocycles. The zero-order chi connectivity index (χ0) is 10.0. The minimum atomic E-state index is -2.33. The van der Waals surface area contributed by atoms with Gasteiger partial charge in [-0.05, 0) is 49.0 Å². The number of halogens is 3. The molecule has 3 fully saturated rings. The van der Waals surface area contributed by atoms with Gasteiger partial charge < -0.3 is 5.73 Å². The first-order valence-corrected chi connectivity index (χ1v) is 5.55. The lowest BCUT2D eigenvalue weighted by Crippen LogP contribution is -2.62. The summed E-state index contributed by atoms with van der Waals surface area (Å²) in [6.07, 6.45) is 4.86. The van der Waals surface area contributed by atoms with Crippen molar-refractivity contribution in [3.63, 3.8) is 0 Å². The van der Waals surface area contributed by atoms with Crippen LogP contribution in [0.2, 0.25) is 0 Å². The molecule has 4 heteroatoms. The van der Waals surface area contributed by atoms with Crippen LogP contribution in [-0.4, -0.2) is 12.5 Å². The average molecular weight is 238 g/mol. The molecule has 3 rings (SSSR count). The summed E-state index contributed by atoms with van der Waals surface area (Å²) in [5, 5.41) is 0. The maximum absolute atomic E-state index is 12.8. The van der Waals surface area contributed by atoms with Gasteiger partial charge in [0.05, 0.1) is 0 Å². The summed E-state index contributed by atoms with van der Waals surface area (Å²) < 4.78 is 25.5. The fourth-order valence-electron chi connectivity index (χ4n) is 4.46. The number of nitrogens with two attached hydrogens (primary N) is 1. The molecule has 0 aromatic heterocycles. The Hall–Kier alpha value is 0.110. The third-order valence-electron chi connectivity index (χ3n) is 4.54. The van der Waals surface area contributed by atoms with Gasteiger partial charge in [0.1, 0.15) is 0 Å². The molecular weight excluding hydrogens is 220 g/mol. The largest absolute Gasteiger partial charge is 0.330 e. The van der Waals surface area contributed by atoms with Gasteiger partial charge in [-0.1, -0.05) is 0 Å². The quantitative estimate of drug-likeness (QED) is 0.746. The lowest BCUT2D eigenvalue weighted by atomic mass is 9.37. The van der Waals surface area contributed by atoms with Crippen LogP contribution in [-0.2, 0) is 0 Å². The van der Waals surface area contributed by atoms with Crippen LogP contribution in [0.4, 0.5) is 8.78 Å². The van der Waals surface area contributed by atoms with Crippen molar-refractivity contribution >= 4 is 12.4 Å². The topological polar surface area (TPSA) is 26.0 Å². The Bertz CT molecular complexity index is 256. The standard InChI is InChI=1S/C11H17F2N.ClH/c12-11(13)6-10(7-11)4-9(5-10)1-8(2-9)3-14;/h8H,1-7,14H2;1H. The summed E-state index contributed by atoms with van der Waals surface area (Å²) in [7, 11) is 0. The van der Waals surface area contributed by atoms with Crippen molar-refractivity contribution in [3.8, 4) is 0 Å². The van der Waals surface area contributed by atoms with E-state index < -0.39 is 5.92 Å². The number of rotatable bonds is 1. The van der Waals surface area contributed by atoms with Gasteiger partial charge in [0.15, 0.2) is 0 Å². The minimum Gasteiger partial charge on any atom is -0.330 e. The Labute approximate surface area is 95.2 Å². The van der Waals surface area contributed by atoms with Gasteiger partial charge in [0.2, 0.25) is 5.92 Å². The van der Waals surface area contributed by atoms with Crippen LogP contribution in [0.5, 0.6) is 0 Å². The summed E-state index contributed by atoms with van der Waals surface area (Å²) in [5.41, 5.74) is 6.09. The second-order valence-electron chi connectivity index (χ2n) is 6.07. The average Bonchev–Trinajstić information content (AvgIpc) is 1.89. The maximum atomic E-state index is 12.8. The van der Waals surface area contributed by atoms with Gasteiger partial charge in [0, 0.05) is 12.8 Å². The van der Waals surface area contributed by atoms with E-state index in [1.54, 1.807) is 0 Å². The third-order valence-corrected chi connectivity index (χ3v) is 4.54. The summed E-state index contributed by atoms with van der Waals surface area (Å²) in [5.74, 6) is -1.65. The highest BCUT2D eigenvalue weighted by Crippen LogP contribution is 2.74. The molecule has 0 amide bonds. The van der Waals surface area contributed by atoms with Crippen LogP contribution >= 0.6 is 12.4 Å². The Morgan fingerprint density at radius 2 is 1.53 bits per heavy atom. The summed E-state index contributed by atoms with van der Waals surface area (Å²) >= 11 is 0. The van der Waals surface area contributed by atoms with Crippen LogP contribution in [0.1, 0.15) is 38.5 Å². The summed E-state index contributed by atoms with van der Waals surface area (Å²) in [4.78, 5) is 0. The highest BCUT2D eigenvalue weighted by Gasteiger charge is 2.68. The molecule has 0 unspecified atom stereocenters. The summed E-state index contributed by atoms with van der Waals surface area (Å²) in [6, 6.07) is 0. The SMILES string of the molecule is Cl.NCC1CC2(C1)CC1(CC(F)(F)C1)C2. The fourth-order valence-corrected chi connectivity index (χ4v) is 4.46. The van der Waals surface area contributed by atoms with Crippen molar-refractivity contribution in [1.82, 2.24) is 0 Å². The van der Waals surface area contributed by atoms with Crippen LogP contribution in [0.3, 0.4) is 0 Å². The molecule has 0 aromatic rings. The van der Waals surface area contributed by atoms with Crippen LogP contribution in [0.25, 0.3) is 0 Å². The molecule has 88 valence electrons. The van der Waals surface area contributed by atoms with E-state index in [1.165, 1.54) is 12.8 Å². The summed E-state index contributed by atoms with van der Waals surface area (Å²) in [6.45, 7) is 0.783. The molecule has 0 aliphatic heterocycles. The zero-order valence-electron chi connectivity index (χ0n) is 8.77. The highest BCUT2D eigenvalue weighted by molar-refractivity contribution is 5.85. The van der Waals surface area contributed by atoms with Crippen molar-refractivity contribution < 1.29 is 8.78 Å². The molecule has 0 radical (unpaired) electrons. The Morgan fingerprint density at radius 1 is 1.00 bits per heavy atom. The van der Waals surface area contributed by atoms with E-state index in [-0.39, 0.29) is 30.7 Å². The van der Waals surface area contributed by atoms with Gasteiger partial charge >= 0.3 is 0 Å². The molecule has 0 saturated heterocycles. The predicted octanol–water partition coefficient (Wildman–Crippen LogP) is 2.97. The van der Waals surface area contributed by atoms with E-state index in [9.17, 15) is 8.78 Å². The van der Waals surface area contributed by atoms with E-state index in [2.05, 4.69) is 0 Å². The monoisotopic (exact) mass is 237 g/mol. The molecule has 3 aliphatic carbocycles. The van der Waals surface area contributed by atoms with E-state index in [4.69, 9.17) is 5.73 Å². The molecule has 0 atom stereocenters. The van der Waals surface area contributed by atoms with E-state index in [1.807, 2.05) is 0 Å². The number of hydrogen-bond acceptors (Lipinski definition) is 1. The molecule has 0 bridgehead atoms. The molecule has 2 spiro atoms. The van der Waals surface area contributed by atoms with E-state index >= 15 is 0 Å². The molecule has 3 aliphatic rings. The Balaban J connectivity index is 0.000000853. The van der Waals surface area contributed by atoms with Gasteiger partial charge in [-0.15, -0.1) is 12.4 Å². The van der Waals surface area contributed by atoms with Crippen molar-refractivity contribution in [2.75, 3.05) is 6.54 Å². The van der Waals surface area contributed by atoms with Crippen LogP contribution < -0.4 is 5.73 Å². The molecule has 15 heavy (non-hydrogen) atoms. The zero-order valence-corrected chi connectivity index (χ0v) is 9.59. The first-order valence-electron chi connectivity index (χ1n) is 5.55. The van der Waals surface area contributed by atoms with Gasteiger partial charge in [-0.3, -0.25) is 0 Å². The molecule has 0 aromatic carbocycles. The lowest BCUT2D eigenvalue weighted by molar-refractivity contribution is -0.254. The molecule has 2 N–H and O–H groups in total. The third kappa shape index (κ3) is 1.59. The van der Waals surface area contributed by atoms with E-state index in [0.717, 1.165) is 19.4 Å². The molecular formula is C11H18ClF2N. The number of alkyl halides is 2. The Kier molecular flexibility index (Phi) is 2.37. The first kappa shape index (κ1) is 11.6. The molecule has 1 nitrogen and oxygen atoms in total. The first-order chi connectivity index (χ1) is 6.47. The van der Waals surface area contributed by atoms with Crippen molar-refractivity contribution in [2.24, 2.45) is 22.5 Å². The molecule has 0 heterocycles. The number of hydrogen-bond donors (Lipinski definition) is 1. The van der Waals surface area contributed by atoms with Crippen molar-refractivity contribution in [3.05, 3.63) is 0 Å². The smallest absolute Gasteiger partial charge is 0.249 e. The van der Waals surface area contributed by atoms with Crippen molar-refractivity contribution in [2.45, 2.75) is 44.4 Å². The van der Waals surface area contributed by atoms with Gasteiger partial charge in [-0.2, -0.15) is 0 Å². The minimum absolute atomic E-state index is 0. The van der Waals surface area contributed by atoms with Gasteiger partial charge in [-0.25, -0.2) is 8.78 Å². The van der Waals surface area contributed by atoms with Crippen LogP contribution in [0, 0.1) is 16.7 Å². The maximum Gasteiger partial charge on any atom is 0.249 e.